The molecule has 1 aliphatic carbocycles. The summed E-state index contributed by atoms with van der Waals surface area (Å²) in [6.07, 6.45) is 2.54. The summed E-state index contributed by atoms with van der Waals surface area (Å²) in [6, 6.07) is 5.71. The number of amides is 1. The lowest BCUT2D eigenvalue weighted by molar-refractivity contribution is -0.119. The van der Waals surface area contributed by atoms with E-state index in [0.717, 1.165) is 28.6 Å². The van der Waals surface area contributed by atoms with Gasteiger partial charge in [-0.25, -0.2) is 4.98 Å². The molecule has 1 fully saturated rings. The number of hydrogen-bond donors (Lipinski definition) is 0. The minimum absolute atomic E-state index is 0.0186. The fourth-order valence-corrected chi connectivity index (χ4v) is 3.28. The van der Waals surface area contributed by atoms with Crippen molar-refractivity contribution in [2.75, 3.05) is 26.2 Å². The van der Waals surface area contributed by atoms with Crippen LogP contribution in [0.25, 0.3) is 0 Å². The van der Waals surface area contributed by atoms with Crippen LogP contribution in [0.3, 0.4) is 0 Å². The molecule has 2 atom stereocenters. The molecule has 1 aromatic carbocycles. The van der Waals surface area contributed by atoms with Crippen LogP contribution in [-0.2, 0) is 4.79 Å². The predicted octanol–water partition coefficient (Wildman–Crippen LogP) is 2.93. The van der Waals surface area contributed by atoms with Gasteiger partial charge in [0.2, 0.25) is 5.91 Å². The van der Waals surface area contributed by atoms with Crippen molar-refractivity contribution in [1.82, 2.24) is 4.98 Å². The Bertz CT molecular complexity index is 672. The van der Waals surface area contributed by atoms with E-state index >= 15 is 0 Å². The third-order valence-electron chi connectivity index (χ3n) is 3.98. The molecule has 22 heavy (non-hydrogen) atoms. The number of ether oxygens (including phenoxy) is 2. The van der Waals surface area contributed by atoms with Gasteiger partial charge in [0.05, 0.1) is 14.2 Å². The Morgan fingerprint density at radius 3 is 2.82 bits per heavy atom. The van der Waals surface area contributed by atoms with Crippen LogP contribution in [0.2, 0.25) is 0 Å². The zero-order chi connectivity index (χ0) is 15.7. The molecule has 0 N–H and O–H groups in total. The smallest absolute Gasteiger partial charge is 0.232 e. The molecular weight excluding hydrogens is 300 g/mol. The maximum Gasteiger partial charge on any atom is 0.232 e. The van der Waals surface area contributed by atoms with Gasteiger partial charge in [0.25, 0.3) is 0 Å². The summed E-state index contributed by atoms with van der Waals surface area (Å²) in [5, 5.41) is 2.60. The van der Waals surface area contributed by atoms with Gasteiger partial charge in [-0.05, 0) is 24.6 Å². The Balaban J connectivity index is 1.78. The number of hydrogen-bond acceptors (Lipinski definition) is 5. The second-order valence-electron chi connectivity index (χ2n) is 5.27. The van der Waals surface area contributed by atoms with Crippen molar-refractivity contribution in [3.63, 3.8) is 0 Å². The lowest BCUT2D eigenvalue weighted by Gasteiger charge is -2.14. The van der Waals surface area contributed by atoms with Crippen molar-refractivity contribution in [1.29, 1.82) is 0 Å². The standard InChI is InChI=1S/C16H18N2O3S/c1-18(16-17-6-7-22-16)15(19)13-9-11(13)12-8-10(20-2)4-5-14(12)21-3/h4-8,11,13H,9H2,1-3H3/t11-,13-/m1/s1. The van der Waals surface area contributed by atoms with Crippen molar-refractivity contribution in [2.45, 2.75) is 12.3 Å². The van der Waals surface area contributed by atoms with Gasteiger partial charge in [-0.3, -0.25) is 9.69 Å². The molecule has 116 valence electrons. The average molecular weight is 318 g/mol. The molecule has 0 unspecified atom stereocenters. The fourth-order valence-electron chi connectivity index (χ4n) is 2.67. The molecule has 1 aliphatic rings. The van der Waals surface area contributed by atoms with Crippen molar-refractivity contribution in [2.24, 2.45) is 5.92 Å². The maximum atomic E-state index is 12.6. The minimum atomic E-state index is -0.0186. The van der Waals surface area contributed by atoms with E-state index in [2.05, 4.69) is 4.98 Å². The SMILES string of the molecule is COc1ccc(OC)c([C@H]2C[C@H]2C(=O)N(C)c2nccs2)c1. The van der Waals surface area contributed by atoms with E-state index in [4.69, 9.17) is 9.47 Å². The largest absolute Gasteiger partial charge is 0.497 e. The average Bonchev–Trinajstić information content (AvgIpc) is 3.16. The number of aromatic nitrogens is 1. The maximum absolute atomic E-state index is 12.6. The molecule has 0 radical (unpaired) electrons. The molecule has 1 heterocycles. The second-order valence-corrected chi connectivity index (χ2v) is 6.14. The van der Waals surface area contributed by atoms with Crippen LogP contribution in [-0.4, -0.2) is 32.2 Å². The molecule has 2 aromatic rings. The third-order valence-corrected chi connectivity index (χ3v) is 4.83. The Kier molecular flexibility index (Phi) is 4.02. The molecule has 1 saturated carbocycles. The van der Waals surface area contributed by atoms with E-state index in [1.165, 1.54) is 11.3 Å². The topological polar surface area (TPSA) is 51.7 Å². The zero-order valence-corrected chi connectivity index (χ0v) is 13.6. The van der Waals surface area contributed by atoms with Gasteiger partial charge in [0.15, 0.2) is 5.13 Å². The number of benzene rings is 1. The predicted molar refractivity (Wildman–Crippen MR) is 85.9 cm³/mol. The molecule has 3 rings (SSSR count). The first-order valence-corrected chi connectivity index (χ1v) is 7.92. The van der Waals surface area contributed by atoms with E-state index < -0.39 is 0 Å². The van der Waals surface area contributed by atoms with E-state index in [9.17, 15) is 4.79 Å². The highest BCUT2D eigenvalue weighted by atomic mass is 32.1. The van der Waals surface area contributed by atoms with Gasteiger partial charge in [-0.1, -0.05) is 0 Å². The quantitative estimate of drug-likeness (QED) is 0.850. The number of carbonyl (C=O) groups excluding carboxylic acids is 1. The number of nitrogens with zero attached hydrogens (tertiary/aromatic N) is 2. The van der Waals surface area contributed by atoms with Crippen molar-refractivity contribution in [3.05, 3.63) is 35.3 Å². The van der Waals surface area contributed by atoms with Gasteiger partial charge in [0.1, 0.15) is 11.5 Å². The van der Waals surface area contributed by atoms with Crippen LogP contribution in [0.15, 0.2) is 29.8 Å². The summed E-state index contributed by atoms with van der Waals surface area (Å²) in [6.45, 7) is 0. The highest BCUT2D eigenvalue weighted by molar-refractivity contribution is 7.13. The minimum Gasteiger partial charge on any atom is -0.497 e. The number of thiazole rings is 1. The molecule has 0 saturated heterocycles. The van der Waals surface area contributed by atoms with E-state index in [1.807, 2.05) is 23.6 Å². The number of carbonyl (C=O) groups is 1. The summed E-state index contributed by atoms with van der Waals surface area (Å²) < 4.78 is 10.7. The van der Waals surface area contributed by atoms with Crippen LogP contribution >= 0.6 is 11.3 Å². The number of methoxy groups -OCH3 is 2. The van der Waals surface area contributed by atoms with Crippen molar-refractivity contribution < 1.29 is 14.3 Å². The van der Waals surface area contributed by atoms with E-state index in [-0.39, 0.29) is 17.7 Å². The van der Waals surface area contributed by atoms with Crippen LogP contribution < -0.4 is 14.4 Å². The van der Waals surface area contributed by atoms with E-state index in [0.29, 0.717) is 0 Å². The Morgan fingerprint density at radius 2 is 2.18 bits per heavy atom. The van der Waals surface area contributed by atoms with Crippen LogP contribution in [0, 0.1) is 5.92 Å². The van der Waals surface area contributed by atoms with Crippen LogP contribution in [0.1, 0.15) is 17.9 Å². The first-order valence-electron chi connectivity index (χ1n) is 7.04. The first kappa shape index (κ1) is 14.8. The summed E-state index contributed by atoms with van der Waals surface area (Å²) in [5.41, 5.74) is 1.03. The molecule has 1 aromatic heterocycles. The third kappa shape index (κ3) is 2.66. The van der Waals surface area contributed by atoms with Crippen LogP contribution in [0.4, 0.5) is 5.13 Å². The van der Waals surface area contributed by atoms with E-state index in [1.54, 1.807) is 32.4 Å². The molecule has 0 aliphatic heterocycles. The Labute approximate surface area is 133 Å². The summed E-state index contributed by atoms with van der Waals surface area (Å²) in [7, 11) is 5.06. The first-order chi connectivity index (χ1) is 10.7. The van der Waals surface area contributed by atoms with Gasteiger partial charge >= 0.3 is 0 Å². The summed E-state index contributed by atoms with van der Waals surface area (Å²) in [5.74, 6) is 1.85. The summed E-state index contributed by atoms with van der Waals surface area (Å²) in [4.78, 5) is 18.4. The Hall–Kier alpha value is -2.08. The zero-order valence-electron chi connectivity index (χ0n) is 12.8. The lowest BCUT2D eigenvalue weighted by atomic mass is 10.1. The van der Waals surface area contributed by atoms with Gasteiger partial charge in [-0.15, -0.1) is 11.3 Å². The Morgan fingerprint density at radius 1 is 1.36 bits per heavy atom. The molecule has 1 amide bonds. The number of anilines is 1. The molecule has 0 bridgehead atoms. The number of rotatable bonds is 5. The van der Waals surface area contributed by atoms with Gasteiger partial charge in [0, 0.05) is 36.0 Å². The monoisotopic (exact) mass is 318 g/mol. The molecule has 6 heteroatoms. The highest BCUT2D eigenvalue weighted by Crippen LogP contribution is 2.52. The normalized spacial score (nSPS) is 19.6. The molecule has 0 spiro atoms. The van der Waals surface area contributed by atoms with Crippen molar-refractivity contribution in [3.8, 4) is 11.5 Å². The van der Waals surface area contributed by atoms with Gasteiger partial charge in [-0.2, -0.15) is 0 Å². The highest BCUT2D eigenvalue weighted by Gasteiger charge is 2.47. The fraction of sp³-hybridized carbons (Fsp3) is 0.375. The molecule has 5 nitrogen and oxygen atoms in total. The van der Waals surface area contributed by atoms with Crippen LogP contribution in [0.5, 0.6) is 11.5 Å². The lowest BCUT2D eigenvalue weighted by Crippen LogP contribution is -2.28. The van der Waals surface area contributed by atoms with Crippen molar-refractivity contribution >= 4 is 22.4 Å². The second kappa shape index (κ2) is 5.96. The summed E-state index contributed by atoms with van der Waals surface area (Å²) >= 11 is 1.46. The van der Waals surface area contributed by atoms with Gasteiger partial charge < -0.3 is 9.47 Å². The molecular formula is C16H18N2O3S.